The van der Waals surface area contributed by atoms with Gasteiger partial charge in [0.15, 0.2) is 0 Å². The second kappa shape index (κ2) is 5.16. The zero-order valence-corrected chi connectivity index (χ0v) is 10.3. The van der Waals surface area contributed by atoms with Crippen molar-refractivity contribution in [2.24, 2.45) is 0 Å². The molecular weight excluding hydrogens is 206 g/mol. The number of carbonyl (C=O) groups is 1. The second-order valence-electron chi connectivity index (χ2n) is 3.99. The number of amides is 1. The smallest absolute Gasteiger partial charge is 0.255 e. The molecule has 1 rings (SSSR count). The van der Waals surface area contributed by atoms with Crippen molar-refractivity contribution in [1.29, 1.82) is 0 Å². The number of hydrogen-bond acceptors (Lipinski definition) is 3. The number of aliphatic hydroxyl groups excluding tert-OH is 1. The number of hydrogen-bond donors (Lipinski definition) is 2. The van der Waals surface area contributed by atoms with Gasteiger partial charge in [-0.1, -0.05) is 6.92 Å². The first-order valence-corrected chi connectivity index (χ1v) is 5.50. The molecule has 1 unspecified atom stereocenters. The van der Waals surface area contributed by atoms with Crippen LogP contribution in [0.2, 0.25) is 0 Å². The summed E-state index contributed by atoms with van der Waals surface area (Å²) < 4.78 is 5.38. The van der Waals surface area contributed by atoms with E-state index in [0.717, 1.165) is 11.3 Å². The molecular formula is C12H19NO3. The highest BCUT2D eigenvalue weighted by molar-refractivity contribution is 5.96. The summed E-state index contributed by atoms with van der Waals surface area (Å²) in [6.45, 7) is 7.61. The van der Waals surface area contributed by atoms with Crippen LogP contribution in [0.25, 0.3) is 0 Å². The standard InChI is InChI=1S/C12H19NO3/c1-5-10(14)6-13-12(15)11-7(2)8(3)16-9(11)4/h10,14H,5-6H2,1-4H3,(H,13,15). The van der Waals surface area contributed by atoms with Crippen molar-refractivity contribution in [3.8, 4) is 0 Å². The third-order valence-corrected chi connectivity index (χ3v) is 2.76. The summed E-state index contributed by atoms with van der Waals surface area (Å²) >= 11 is 0. The molecule has 4 heteroatoms. The monoisotopic (exact) mass is 225 g/mol. The Balaban J connectivity index is 2.73. The first-order chi connectivity index (χ1) is 7.47. The summed E-state index contributed by atoms with van der Waals surface area (Å²) in [6, 6.07) is 0. The van der Waals surface area contributed by atoms with Crippen LogP contribution in [0.3, 0.4) is 0 Å². The molecule has 0 aliphatic heterocycles. The molecule has 1 aromatic heterocycles. The van der Waals surface area contributed by atoms with E-state index in [2.05, 4.69) is 5.32 Å². The summed E-state index contributed by atoms with van der Waals surface area (Å²) in [5, 5.41) is 12.1. The molecule has 1 amide bonds. The van der Waals surface area contributed by atoms with Gasteiger partial charge < -0.3 is 14.8 Å². The summed E-state index contributed by atoms with van der Waals surface area (Å²) in [5.41, 5.74) is 1.45. The molecule has 90 valence electrons. The first kappa shape index (κ1) is 12.8. The number of aryl methyl sites for hydroxylation is 2. The SMILES string of the molecule is CCC(O)CNC(=O)c1c(C)oc(C)c1C. The maximum absolute atomic E-state index is 11.8. The molecule has 0 radical (unpaired) electrons. The first-order valence-electron chi connectivity index (χ1n) is 5.50. The van der Waals surface area contributed by atoms with E-state index in [0.29, 0.717) is 17.7 Å². The van der Waals surface area contributed by atoms with Gasteiger partial charge in [0.1, 0.15) is 11.5 Å². The van der Waals surface area contributed by atoms with E-state index < -0.39 is 6.10 Å². The van der Waals surface area contributed by atoms with Crippen LogP contribution in [0.5, 0.6) is 0 Å². The minimum atomic E-state index is -0.488. The van der Waals surface area contributed by atoms with Crippen LogP contribution in [0.4, 0.5) is 0 Å². The zero-order valence-electron chi connectivity index (χ0n) is 10.3. The number of furan rings is 1. The van der Waals surface area contributed by atoms with Crippen molar-refractivity contribution in [2.45, 2.75) is 40.2 Å². The maximum Gasteiger partial charge on any atom is 0.255 e. The van der Waals surface area contributed by atoms with Crippen molar-refractivity contribution in [3.63, 3.8) is 0 Å². The quantitative estimate of drug-likeness (QED) is 0.820. The molecule has 16 heavy (non-hydrogen) atoms. The van der Waals surface area contributed by atoms with Crippen LogP contribution in [-0.2, 0) is 0 Å². The molecule has 0 aliphatic rings. The molecule has 0 aliphatic carbocycles. The summed E-state index contributed by atoms with van der Waals surface area (Å²) in [7, 11) is 0. The lowest BCUT2D eigenvalue weighted by atomic mass is 10.1. The lowest BCUT2D eigenvalue weighted by Crippen LogP contribution is -2.32. The molecule has 4 nitrogen and oxygen atoms in total. The molecule has 1 aromatic rings. The number of nitrogens with one attached hydrogen (secondary N) is 1. The van der Waals surface area contributed by atoms with Crippen molar-refractivity contribution in [1.82, 2.24) is 5.32 Å². The average Bonchev–Trinajstić information content (AvgIpc) is 2.49. The molecule has 2 N–H and O–H groups in total. The fourth-order valence-electron chi connectivity index (χ4n) is 1.57. The van der Waals surface area contributed by atoms with Crippen LogP contribution in [0, 0.1) is 20.8 Å². The minimum Gasteiger partial charge on any atom is -0.466 e. The normalized spacial score (nSPS) is 12.6. The van der Waals surface area contributed by atoms with Gasteiger partial charge in [0.2, 0.25) is 0 Å². The van der Waals surface area contributed by atoms with Crippen LogP contribution < -0.4 is 5.32 Å². The number of rotatable bonds is 4. The van der Waals surface area contributed by atoms with Crippen molar-refractivity contribution in [3.05, 3.63) is 22.6 Å². The third kappa shape index (κ3) is 2.64. The van der Waals surface area contributed by atoms with Crippen LogP contribution in [0.1, 0.15) is 40.8 Å². The lowest BCUT2D eigenvalue weighted by molar-refractivity contribution is 0.0912. The van der Waals surface area contributed by atoms with Gasteiger partial charge in [0, 0.05) is 12.1 Å². The Kier molecular flexibility index (Phi) is 4.12. The predicted octanol–water partition coefficient (Wildman–Crippen LogP) is 1.71. The maximum atomic E-state index is 11.8. The second-order valence-corrected chi connectivity index (χ2v) is 3.99. The van der Waals surface area contributed by atoms with Crippen molar-refractivity contribution < 1.29 is 14.3 Å². The van der Waals surface area contributed by atoms with Gasteiger partial charge in [-0.15, -0.1) is 0 Å². The zero-order chi connectivity index (χ0) is 12.3. The Morgan fingerprint density at radius 2 is 2.00 bits per heavy atom. The van der Waals surface area contributed by atoms with E-state index >= 15 is 0 Å². The van der Waals surface area contributed by atoms with E-state index in [1.807, 2.05) is 20.8 Å². The summed E-state index contributed by atoms with van der Waals surface area (Å²) in [6.07, 6.45) is 0.139. The van der Waals surface area contributed by atoms with Gasteiger partial charge in [-0.3, -0.25) is 4.79 Å². The largest absolute Gasteiger partial charge is 0.466 e. The molecule has 0 saturated carbocycles. The van der Waals surface area contributed by atoms with Crippen LogP contribution in [-0.4, -0.2) is 23.7 Å². The van der Waals surface area contributed by atoms with Gasteiger partial charge in [-0.2, -0.15) is 0 Å². The molecule has 1 atom stereocenters. The fraction of sp³-hybridized carbons (Fsp3) is 0.583. The summed E-state index contributed by atoms with van der Waals surface area (Å²) in [4.78, 5) is 11.8. The van der Waals surface area contributed by atoms with Crippen LogP contribution >= 0.6 is 0 Å². The Hall–Kier alpha value is -1.29. The van der Waals surface area contributed by atoms with E-state index in [9.17, 15) is 9.90 Å². The molecule has 0 fully saturated rings. The molecule has 0 bridgehead atoms. The Morgan fingerprint density at radius 1 is 1.38 bits per heavy atom. The highest BCUT2D eigenvalue weighted by atomic mass is 16.3. The van der Waals surface area contributed by atoms with E-state index in [1.54, 1.807) is 6.92 Å². The Bertz CT molecular complexity index is 382. The minimum absolute atomic E-state index is 0.181. The number of carbonyl (C=O) groups excluding carboxylic acids is 1. The van der Waals surface area contributed by atoms with Gasteiger partial charge in [0.05, 0.1) is 11.7 Å². The van der Waals surface area contributed by atoms with E-state index in [-0.39, 0.29) is 12.5 Å². The topological polar surface area (TPSA) is 62.5 Å². The van der Waals surface area contributed by atoms with Crippen LogP contribution in [0.15, 0.2) is 4.42 Å². The molecule has 0 aromatic carbocycles. The number of aliphatic hydroxyl groups is 1. The Labute approximate surface area is 95.7 Å². The van der Waals surface area contributed by atoms with E-state index in [4.69, 9.17) is 4.42 Å². The Morgan fingerprint density at radius 3 is 2.44 bits per heavy atom. The highest BCUT2D eigenvalue weighted by Crippen LogP contribution is 2.20. The summed E-state index contributed by atoms with van der Waals surface area (Å²) in [5.74, 6) is 1.21. The molecule has 0 spiro atoms. The van der Waals surface area contributed by atoms with E-state index in [1.165, 1.54) is 0 Å². The highest BCUT2D eigenvalue weighted by Gasteiger charge is 2.18. The average molecular weight is 225 g/mol. The lowest BCUT2D eigenvalue weighted by Gasteiger charge is -2.09. The van der Waals surface area contributed by atoms with Gasteiger partial charge >= 0.3 is 0 Å². The van der Waals surface area contributed by atoms with Crippen molar-refractivity contribution in [2.75, 3.05) is 6.54 Å². The molecule has 0 saturated heterocycles. The van der Waals surface area contributed by atoms with Gasteiger partial charge in [0.25, 0.3) is 5.91 Å². The van der Waals surface area contributed by atoms with Gasteiger partial charge in [-0.05, 0) is 27.2 Å². The predicted molar refractivity (Wildman–Crippen MR) is 61.6 cm³/mol. The molecule has 1 heterocycles. The van der Waals surface area contributed by atoms with Gasteiger partial charge in [-0.25, -0.2) is 0 Å². The third-order valence-electron chi connectivity index (χ3n) is 2.76. The van der Waals surface area contributed by atoms with Crippen molar-refractivity contribution >= 4 is 5.91 Å². The fourth-order valence-corrected chi connectivity index (χ4v) is 1.57.